The standard InChI is InChI=1S/C22H26N2O/c25-19-8-4-5-16(13-19)14-24-15-20(17-6-2-1-3-7-17)22-21(24)18-9-11-23(22)12-10-18/h1-8,13,18,20-22,25H,9-12,14-15H2/t20-,21+,22+/m0/s1. The summed E-state index contributed by atoms with van der Waals surface area (Å²) >= 11 is 0. The zero-order valence-corrected chi connectivity index (χ0v) is 14.6. The van der Waals surface area contributed by atoms with Crippen molar-refractivity contribution in [3.05, 3.63) is 65.7 Å². The van der Waals surface area contributed by atoms with Gasteiger partial charge in [-0.1, -0.05) is 42.5 Å². The number of phenols is 1. The van der Waals surface area contributed by atoms with E-state index in [1.54, 1.807) is 6.07 Å². The number of fused-ring (bicyclic) bond motifs is 2. The SMILES string of the molecule is Oc1cccc(CN2C[C@@H](c3ccccc3)[C@@H]3[C@H]2C2CCN3CC2)c1. The molecule has 130 valence electrons. The Kier molecular flexibility index (Phi) is 3.79. The molecule has 3 nitrogen and oxygen atoms in total. The molecule has 2 bridgehead atoms. The van der Waals surface area contributed by atoms with Crippen molar-refractivity contribution in [1.29, 1.82) is 0 Å². The van der Waals surface area contributed by atoms with Crippen molar-refractivity contribution in [2.45, 2.75) is 37.4 Å². The summed E-state index contributed by atoms with van der Waals surface area (Å²) in [5, 5.41) is 9.83. The van der Waals surface area contributed by atoms with Gasteiger partial charge in [-0.25, -0.2) is 0 Å². The van der Waals surface area contributed by atoms with E-state index in [9.17, 15) is 5.11 Å². The van der Waals surface area contributed by atoms with Gasteiger partial charge in [-0.15, -0.1) is 0 Å². The molecular formula is C22H26N2O. The van der Waals surface area contributed by atoms with Crippen molar-refractivity contribution in [2.24, 2.45) is 5.92 Å². The average molecular weight is 334 g/mol. The minimum absolute atomic E-state index is 0.377. The first-order valence-corrected chi connectivity index (χ1v) is 9.60. The van der Waals surface area contributed by atoms with Gasteiger partial charge in [0.25, 0.3) is 0 Å². The number of phenolic OH excluding ortho intramolecular Hbond substituents is 1. The van der Waals surface area contributed by atoms with Gasteiger partial charge >= 0.3 is 0 Å². The van der Waals surface area contributed by atoms with E-state index >= 15 is 0 Å². The van der Waals surface area contributed by atoms with E-state index in [0.717, 1.165) is 19.0 Å². The zero-order chi connectivity index (χ0) is 16.8. The number of rotatable bonds is 3. The third-order valence-electron chi connectivity index (χ3n) is 6.62. The predicted octanol–water partition coefficient (Wildman–Crippen LogP) is 3.45. The van der Waals surface area contributed by atoms with Crippen LogP contribution in [0.25, 0.3) is 0 Å². The Bertz CT molecular complexity index is 739. The van der Waals surface area contributed by atoms with Crippen LogP contribution in [0.2, 0.25) is 0 Å². The molecule has 2 aromatic carbocycles. The van der Waals surface area contributed by atoms with Crippen molar-refractivity contribution in [3.8, 4) is 5.75 Å². The van der Waals surface area contributed by atoms with Gasteiger partial charge in [0.05, 0.1) is 0 Å². The van der Waals surface area contributed by atoms with Gasteiger partial charge < -0.3 is 5.11 Å². The average Bonchev–Trinajstić information content (AvgIpc) is 3.05. The summed E-state index contributed by atoms with van der Waals surface area (Å²) in [6, 6.07) is 20.2. The van der Waals surface area contributed by atoms with Crippen molar-refractivity contribution in [3.63, 3.8) is 0 Å². The lowest BCUT2D eigenvalue weighted by atomic mass is 9.75. The Morgan fingerprint density at radius 1 is 0.920 bits per heavy atom. The molecule has 6 rings (SSSR count). The molecule has 0 unspecified atom stereocenters. The first-order chi connectivity index (χ1) is 12.3. The summed E-state index contributed by atoms with van der Waals surface area (Å²) in [5.41, 5.74) is 2.72. The van der Waals surface area contributed by atoms with E-state index in [0.29, 0.717) is 23.8 Å². The van der Waals surface area contributed by atoms with Crippen molar-refractivity contribution < 1.29 is 5.11 Å². The first-order valence-electron chi connectivity index (χ1n) is 9.60. The molecule has 0 saturated carbocycles. The lowest BCUT2D eigenvalue weighted by molar-refractivity contribution is -0.00870. The van der Waals surface area contributed by atoms with Gasteiger partial charge in [0, 0.05) is 31.1 Å². The first kappa shape index (κ1) is 15.4. The van der Waals surface area contributed by atoms with Crippen LogP contribution in [0.15, 0.2) is 54.6 Å². The van der Waals surface area contributed by atoms with E-state index in [4.69, 9.17) is 0 Å². The molecule has 4 fully saturated rings. The second kappa shape index (κ2) is 6.15. The molecule has 0 aliphatic carbocycles. The van der Waals surface area contributed by atoms with Crippen LogP contribution in [0.3, 0.4) is 0 Å². The van der Waals surface area contributed by atoms with Crippen LogP contribution in [0.5, 0.6) is 5.75 Å². The quantitative estimate of drug-likeness (QED) is 0.931. The molecule has 4 heterocycles. The number of hydrogen-bond acceptors (Lipinski definition) is 3. The molecule has 1 N–H and O–H groups in total. The van der Waals surface area contributed by atoms with Crippen LogP contribution < -0.4 is 0 Å². The highest BCUT2D eigenvalue weighted by Crippen LogP contribution is 2.46. The summed E-state index contributed by atoms with van der Waals surface area (Å²) in [5.74, 6) is 1.81. The van der Waals surface area contributed by atoms with Gasteiger partial charge in [0.15, 0.2) is 0 Å². The molecule has 2 aromatic rings. The maximum Gasteiger partial charge on any atom is 0.115 e. The lowest BCUT2D eigenvalue weighted by Gasteiger charge is -2.51. The number of likely N-dealkylation sites (tertiary alicyclic amines) is 1. The Morgan fingerprint density at radius 3 is 2.48 bits per heavy atom. The van der Waals surface area contributed by atoms with E-state index in [2.05, 4.69) is 46.2 Å². The third kappa shape index (κ3) is 2.66. The highest BCUT2D eigenvalue weighted by molar-refractivity contribution is 5.30. The predicted molar refractivity (Wildman–Crippen MR) is 99.6 cm³/mol. The Hall–Kier alpha value is -1.84. The van der Waals surface area contributed by atoms with E-state index in [1.807, 2.05) is 12.1 Å². The fourth-order valence-corrected chi connectivity index (χ4v) is 5.61. The number of nitrogens with zero attached hydrogens (tertiary/aromatic N) is 2. The number of hydrogen-bond donors (Lipinski definition) is 1. The number of benzene rings is 2. The monoisotopic (exact) mass is 334 g/mol. The van der Waals surface area contributed by atoms with Gasteiger partial charge in [-0.3, -0.25) is 9.80 Å². The molecule has 4 saturated heterocycles. The van der Waals surface area contributed by atoms with Gasteiger partial charge in [0.2, 0.25) is 0 Å². The molecule has 0 amide bonds. The van der Waals surface area contributed by atoms with Gasteiger partial charge in [0.1, 0.15) is 5.75 Å². The molecule has 4 aliphatic rings. The topological polar surface area (TPSA) is 26.7 Å². The van der Waals surface area contributed by atoms with Crippen molar-refractivity contribution >= 4 is 0 Å². The van der Waals surface area contributed by atoms with Gasteiger partial charge in [-0.05, 0) is 55.1 Å². The maximum absolute atomic E-state index is 9.83. The minimum Gasteiger partial charge on any atom is -0.508 e. The Labute approximate surface area is 149 Å². The van der Waals surface area contributed by atoms with Crippen molar-refractivity contribution in [1.82, 2.24) is 9.80 Å². The molecule has 3 heteroatoms. The normalized spacial score (nSPS) is 34.2. The maximum atomic E-state index is 9.83. The van der Waals surface area contributed by atoms with Crippen LogP contribution in [0, 0.1) is 5.92 Å². The second-order valence-corrected chi connectivity index (χ2v) is 7.97. The van der Waals surface area contributed by atoms with Crippen LogP contribution in [-0.2, 0) is 6.54 Å². The Balaban J connectivity index is 1.47. The molecule has 3 atom stereocenters. The zero-order valence-electron chi connectivity index (χ0n) is 14.6. The minimum atomic E-state index is 0.377. The summed E-state index contributed by atoms with van der Waals surface area (Å²) in [4.78, 5) is 5.46. The fourth-order valence-electron chi connectivity index (χ4n) is 5.61. The fraction of sp³-hybridized carbons (Fsp3) is 0.455. The van der Waals surface area contributed by atoms with Crippen LogP contribution in [-0.4, -0.2) is 46.6 Å². The summed E-state index contributed by atoms with van der Waals surface area (Å²) in [6.45, 7) is 4.62. The van der Waals surface area contributed by atoms with E-state index in [1.165, 1.54) is 37.1 Å². The van der Waals surface area contributed by atoms with Crippen LogP contribution in [0.1, 0.15) is 29.9 Å². The van der Waals surface area contributed by atoms with Crippen LogP contribution in [0.4, 0.5) is 0 Å². The molecule has 4 aliphatic heterocycles. The summed E-state index contributed by atoms with van der Waals surface area (Å²) in [7, 11) is 0. The smallest absolute Gasteiger partial charge is 0.115 e. The lowest BCUT2D eigenvalue weighted by Crippen LogP contribution is -2.59. The molecule has 0 radical (unpaired) electrons. The molecule has 0 spiro atoms. The third-order valence-corrected chi connectivity index (χ3v) is 6.62. The summed E-state index contributed by atoms with van der Waals surface area (Å²) in [6.07, 6.45) is 2.69. The molecule has 25 heavy (non-hydrogen) atoms. The second-order valence-electron chi connectivity index (χ2n) is 7.97. The van der Waals surface area contributed by atoms with E-state index < -0.39 is 0 Å². The number of piperidine rings is 3. The number of aromatic hydroxyl groups is 1. The van der Waals surface area contributed by atoms with Crippen LogP contribution >= 0.6 is 0 Å². The van der Waals surface area contributed by atoms with Gasteiger partial charge in [-0.2, -0.15) is 0 Å². The Morgan fingerprint density at radius 2 is 1.72 bits per heavy atom. The van der Waals surface area contributed by atoms with Crippen molar-refractivity contribution in [2.75, 3.05) is 19.6 Å². The highest BCUT2D eigenvalue weighted by atomic mass is 16.3. The highest BCUT2D eigenvalue weighted by Gasteiger charge is 2.52. The molecular weight excluding hydrogens is 308 g/mol. The largest absolute Gasteiger partial charge is 0.508 e. The van der Waals surface area contributed by atoms with E-state index in [-0.39, 0.29) is 0 Å². The molecule has 0 aromatic heterocycles. The summed E-state index contributed by atoms with van der Waals surface area (Å²) < 4.78 is 0.